The summed E-state index contributed by atoms with van der Waals surface area (Å²) in [5.74, 6) is 2.57. The molecule has 1 unspecified atom stereocenters. The molecule has 7 heteroatoms. The fourth-order valence-electron chi connectivity index (χ4n) is 3.00. The molecular weight excluding hydrogens is 392 g/mol. The van der Waals surface area contributed by atoms with Gasteiger partial charge >= 0.3 is 0 Å². The van der Waals surface area contributed by atoms with Crippen LogP contribution >= 0.6 is 0 Å². The van der Waals surface area contributed by atoms with Crippen molar-refractivity contribution in [3.8, 4) is 11.5 Å². The maximum absolute atomic E-state index is 12.2. The van der Waals surface area contributed by atoms with Gasteiger partial charge in [0.2, 0.25) is 5.91 Å². The second kappa shape index (κ2) is 13.2. The molecule has 0 saturated carbocycles. The van der Waals surface area contributed by atoms with E-state index in [-0.39, 0.29) is 12.5 Å². The Hall–Kier alpha value is -3.22. The van der Waals surface area contributed by atoms with Crippen LogP contribution in [0.4, 0.5) is 0 Å². The lowest BCUT2D eigenvalue weighted by Gasteiger charge is -2.15. The Morgan fingerprint density at radius 3 is 2.13 bits per heavy atom. The number of hydrogen-bond acceptors (Lipinski definition) is 4. The summed E-state index contributed by atoms with van der Waals surface area (Å²) in [5, 5.41) is 9.37. The predicted octanol–water partition coefficient (Wildman–Crippen LogP) is 3.07. The first-order valence-electron chi connectivity index (χ1n) is 10.6. The largest absolute Gasteiger partial charge is 0.497 e. The van der Waals surface area contributed by atoms with Crippen molar-refractivity contribution in [1.29, 1.82) is 0 Å². The van der Waals surface area contributed by atoms with Gasteiger partial charge < -0.3 is 25.4 Å². The Morgan fingerprint density at radius 2 is 1.55 bits per heavy atom. The average Bonchev–Trinajstić information content (AvgIpc) is 2.81. The van der Waals surface area contributed by atoms with Crippen LogP contribution in [0.3, 0.4) is 0 Å². The number of rotatable bonds is 11. The lowest BCUT2D eigenvalue weighted by atomic mass is 9.98. The van der Waals surface area contributed by atoms with E-state index in [1.54, 1.807) is 14.2 Å². The third-order valence-electron chi connectivity index (χ3n) is 4.93. The number of hydrogen-bond donors (Lipinski definition) is 3. The number of amides is 1. The van der Waals surface area contributed by atoms with Gasteiger partial charge in [-0.3, -0.25) is 4.79 Å². The molecule has 0 heterocycles. The molecule has 0 aliphatic heterocycles. The molecule has 0 radical (unpaired) electrons. The number of methoxy groups -OCH3 is 2. The van der Waals surface area contributed by atoms with Crippen LogP contribution in [0.15, 0.2) is 53.5 Å². The van der Waals surface area contributed by atoms with Gasteiger partial charge in [0.25, 0.3) is 0 Å². The summed E-state index contributed by atoms with van der Waals surface area (Å²) >= 11 is 0. The van der Waals surface area contributed by atoms with Crippen molar-refractivity contribution < 1.29 is 14.3 Å². The minimum atomic E-state index is -0.125. The fourth-order valence-corrected chi connectivity index (χ4v) is 3.00. The molecule has 3 N–H and O–H groups in total. The number of carbonyl (C=O) groups is 1. The maximum Gasteiger partial charge on any atom is 0.242 e. The summed E-state index contributed by atoms with van der Waals surface area (Å²) in [4.78, 5) is 16.6. The molecule has 0 saturated heterocycles. The van der Waals surface area contributed by atoms with Crippen molar-refractivity contribution in [3.05, 3.63) is 59.7 Å². The Morgan fingerprint density at radius 1 is 0.935 bits per heavy atom. The first-order chi connectivity index (χ1) is 15.0. The van der Waals surface area contributed by atoms with Gasteiger partial charge in [-0.15, -0.1) is 0 Å². The molecule has 0 aromatic heterocycles. The van der Waals surface area contributed by atoms with E-state index < -0.39 is 0 Å². The number of ether oxygens (including phenoxy) is 2. The van der Waals surface area contributed by atoms with Crippen LogP contribution in [0.2, 0.25) is 0 Å². The smallest absolute Gasteiger partial charge is 0.242 e. The minimum absolute atomic E-state index is 0.0690. The van der Waals surface area contributed by atoms with E-state index >= 15 is 0 Å². The Labute approximate surface area is 185 Å². The van der Waals surface area contributed by atoms with Gasteiger partial charge in [-0.25, -0.2) is 4.99 Å². The van der Waals surface area contributed by atoms with Gasteiger partial charge in [0.1, 0.15) is 18.0 Å². The number of nitrogens with one attached hydrogen (secondary N) is 3. The Balaban J connectivity index is 1.76. The molecule has 2 aromatic carbocycles. The standard InChI is InChI=1S/C24H34N4O3/c1-5-25-24(26-15-14-18(2)20-8-12-22(31-4)13-9-20)28-17-23(29)27-16-19-6-10-21(30-3)11-7-19/h6-13,18H,5,14-17H2,1-4H3,(H,27,29)(H2,25,26,28). The van der Waals surface area contributed by atoms with Gasteiger partial charge in [-0.2, -0.15) is 0 Å². The topological polar surface area (TPSA) is 84.0 Å². The summed E-state index contributed by atoms with van der Waals surface area (Å²) in [6.07, 6.45) is 0.945. The van der Waals surface area contributed by atoms with Gasteiger partial charge in [-0.05, 0) is 54.7 Å². The summed E-state index contributed by atoms with van der Waals surface area (Å²) < 4.78 is 10.4. The monoisotopic (exact) mass is 426 g/mol. The molecule has 2 rings (SSSR count). The van der Waals surface area contributed by atoms with E-state index in [1.807, 2.05) is 43.3 Å². The number of aliphatic imine (C=N–C) groups is 1. The molecular formula is C24H34N4O3. The van der Waals surface area contributed by atoms with E-state index in [1.165, 1.54) is 5.56 Å². The maximum atomic E-state index is 12.2. The summed E-state index contributed by atoms with van der Waals surface area (Å²) in [6, 6.07) is 15.8. The molecule has 0 aliphatic carbocycles. The van der Waals surface area contributed by atoms with Crippen molar-refractivity contribution >= 4 is 11.9 Å². The Kier molecular flexibility index (Phi) is 10.2. The molecule has 0 bridgehead atoms. The molecule has 0 aliphatic rings. The molecule has 168 valence electrons. The predicted molar refractivity (Wildman–Crippen MR) is 125 cm³/mol. The molecule has 1 amide bonds. The highest BCUT2D eigenvalue weighted by atomic mass is 16.5. The first kappa shape index (κ1) is 24.1. The minimum Gasteiger partial charge on any atom is -0.497 e. The van der Waals surface area contributed by atoms with Gasteiger partial charge in [0, 0.05) is 19.6 Å². The highest BCUT2D eigenvalue weighted by Gasteiger charge is 2.07. The van der Waals surface area contributed by atoms with Gasteiger partial charge in [0.05, 0.1) is 14.2 Å². The van der Waals surface area contributed by atoms with Crippen molar-refractivity contribution in [2.24, 2.45) is 4.99 Å². The third kappa shape index (κ3) is 8.58. The number of nitrogens with zero attached hydrogens (tertiary/aromatic N) is 1. The van der Waals surface area contributed by atoms with Crippen LogP contribution in [0.5, 0.6) is 11.5 Å². The lowest BCUT2D eigenvalue weighted by Crippen LogP contribution is -2.39. The fraction of sp³-hybridized carbons (Fsp3) is 0.417. The van der Waals surface area contributed by atoms with Crippen LogP contribution in [0, 0.1) is 0 Å². The Bertz CT molecular complexity index is 820. The number of carbonyl (C=O) groups excluding carboxylic acids is 1. The number of benzene rings is 2. The normalized spacial score (nSPS) is 12.1. The van der Waals surface area contributed by atoms with Crippen molar-refractivity contribution in [1.82, 2.24) is 16.0 Å². The zero-order valence-electron chi connectivity index (χ0n) is 18.9. The van der Waals surface area contributed by atoms with Crippen LogP contribution in [0.25, 0.3) is 0 Å². The van der Waals surface area contributed by atoms with Crippen LogP contribution in [0.1, 0.15) is 37.3 Å². The summed E-state index contributed by atoms with van der Waals surface area (Å²) in [6.45, 7) is 6.21. The van der Waals surface area contributed by atoms with Gasteiger partial charge in [0.15, 0.2) is 5.96 Å². The van der Waals surface area contributed by atoms with Crippen molar-refractivity contribution in [2.75, 3.05) is 33.9 Å². The highest BCUT2D eigenvalue weighted by molar-refractivity contribution is 5.84. The average molecular weight is 427 g/mol. The number of guanidine groups is 1. The van der Waals surface area contributed by atoms with Crippen LogP contribution in [-0.2, 0) is 11.3 Å². The third-order valence-corrected chi connectivity index (χ3v) is 4.93. The molecule has 7 nitrogen and oxygen atoms in total. The summed E-state index contributed by atoms with van der Waals surface area (Å²) in [7, 11) is 3.30. The molecule has 31 heavy (non-hydrogen) atoms. The van der Waals surface area contributed by atoms with Gasteiger partial charge in [-0.1, -0.05) is 31.2 Å². The van der Waals surface area contributed by atoms with E-state index in [0.717, 1.165) is 36.6 Å². The molecule has 0 fully saturated rings. The van der Waals surface area contributed by atoms with Crippen LogP contribution in [-0.4, -0.2) is 45.7 Å². The van der Waals surface area contributed by atoms with E-state index in [0.29, 0.717) is 18.4 Å². The first-order valence-corrected chi connectivity index (χ1v) is 10.6. The second-order valence-corrected chi connectivity index (χ2v) is 7.21. The lowest BCUT2D eigenvalue weighted by molar-refractivity contribution is -0.119. The van der Waals surface area contributed by atoms with E-state index in [2.05, 4.69) is 40.0 Å². The highest BCUT2D eigenvalue weighted by Crippen LogP contribution is 2.21. The SMILES string of the molecule is CCNC(=NCC(=O)NCc1ccc(OC)cc1)NCCC(C)c1ccc(OC)cc1. The van der Waals surface area contributed by atoms with Crippen LogP contribution < -0.4 is 25.4 Å². The zero-order chi connectivity index (χ0) is 22.5. The van der Waals surface area contributed by atoms with Crippen molar-refractivity contribution in [2.45, 2.75) is 32.7 Å². The molecule has 1 atom stereocenters. The second-order valence-electron chi connectivity index (χ2n) is 7.21. The summed E-state index contributed by atoms with van der Waals surface area (Å²) in [5.41, 5.74) is 2.28. The quantitative estimate of drug-likeness (QED) is 0.380. The van der Waals surface area contributed by atoms with E-state index in [4.69, 9.17) is 9.47 Å². The zero-order valence-corrected chi connectivity index (χ0v) is 18.9. The molecule has 0 spiro atoms. The van der Waals surface area contributed by atoms with E-state index in [9.17, 15) is 4.79 Å². The molecule has 2 aromatic rings. The van der Waals surface area contributed by atoms with Crippen molar-refractivity contribution in [3.63, 3.8) is 0 Å².